The normalized spacial score (nSPS) is 46.2. The monoisotopic (exact) mass is 182 g/mol. The molecule has 2 rings (SSSR count). The minimum Gasteiger partial charge on any atom is -0.396 e. The van der Waals surface area contributed by atoms with Crippen LogP contribution >= 0.6 is 0 Å². The van der Waals surface area contributed by atoms with E-state index in [1.54, 1.807) is 0 Å². The number of hydrogen-bond acceptors (Lipinski definition) is 1. The lowest BCUT2D eigenvalue weighted by molar-refractivity contribution is 0.246. The summed E-state index contributed by atoms with van der Waals surface area (Å²) in [6, 6.07) is 0. The van der Waals surface area contributed by atoms with Gasteiger partial charge in [0, 0.05) is 6.61 Å². The highest BCUT2D eigenvalue weighted by Crippen LogP contribution is 2.60. The van der Waals surface area contributed by atoms with Crippen LogP contribution in [0.2, 0.25) is 0 Å². The molecule has 0 aromatic carbocycles. The lowest BCUT2D eigenvalue weighted by atomic mass is 9.96. The van der Waals surface area contributed by atoms with E-state index < -0.39 is 0 Å². The van der Waals surface area contributed by atoms with Gasteiger partial charge in [0.05, 0.1) is 0 Å². The highest BCUT2D eigenvalue weighted by Gasteiger charge is 2.51. The Morgan fingerprint density at radius 1 is 1.15 bits per heavy atom. The molecule has 0 amide bonds. The van der Waals surface area contributed by atoms with Gasteiger partial charge in [0.2, 0.25) is 0 Å². The van der Waals surface area contributed by atoms with Gasteiger partial charge in [-0.05, 0) is 48.3 Å². The van der Waals surface area contributed by atoms with Gasteiger partial charge < -0.3 is 5.11 Å². The predicted octanol–water partition coefficient (Wildman–Crippen LogP) is 2.83. The van der Waals surface area contributed by atoms with E-state index in [0.717, 1.165) is 5.92 Å². The molecule has 0 bridgehead atoms. The molecule has 1 heteroatoms. The first kappa shape index (κ1) is 9.51. The van der Waals surface area contributed by atoms with Gasteiger partial charge >= 0.3 is 0 Å². The number of hydrogen-bond donors (Lipinski definition) is 1. The van der Waals surface area contributed by atoms with Crippen LogP contribution in [0.5, 0.6) is 0 Å². The molecule has 0 spiro atoms. The smallest absolute Gasteiger partial charge is 0.0464 e. The molecule has 2 saturated carbocycles. The summed E-state index contributed by atoms with van der Waals surface area (Å²) in [6.07, 6.45) is 5.41. The largest absolute Gasteiger partial charge is 0.396 e. The molecule has 76 valence electrons. The molecule has 2 aliphatic carbocycles. The van der Waals surface area contributed by atoms with Crippen molar-refractivity contribution in [2.24, 2.45) is 22.7 Å². The van der Waals surface area contributed by atoms with Crippen molar-refractivity contribution in [3.8, 4) is 0 Å². The maximum absolute atomic E-state index is 9.03. The maximum atomic E-state index is 9.03. The number of aliphatic hydroxyl groups is 1. The first-order valence-corrected chi connectivity index (χ1v) is 5.59. The Labute approximate surface area is 81.5 Å². The van der Waals surface area contributed by atoms with E-state index in [9.17, 15) is 0 Å². The Hall–Kier alpha value is -0.0400. The summed E-state index contributed by atoms with van der Waals surface area (Å²) >= 11 is 0. The van der Waals surface area contributed by atoms with Crippen molar-refractivity contribution >= 4 is 0 Å². The summed E-state index contributed by atoms with van der Waals surface area (Å²) in [5.74, 6) is 1.60. The first-order valence-electron chi connectivity index (χ1n) is 5.59. The van der Waals surface area contributed by atoms with Crippen LogP contribution < -0.4 is 0 Å². The zero-order valence-electron chi connectivity index (χ0n) is 9.14. The number of rotatable bonds is 4. The molecule has 0 heterocycles. The second-order valence-corrected chi connectivity index (χ2v) is 6.17. The minimum absolute atomic E-state index is 0.407. The fourth-order valence-corrected chi connectivity index (χ4v) is 2.67. The molecular formula is C12H22O. The van der Waals surface area contributed by atoms with Crippen molar-refractivity contribution < 1.29 is 5.11 Å². The fraction of sp³-hybridized carbons (Fsp3) is 1.00. The molecule has 2 fully saturated rings. The third-order valence-corrected chi connectivity index (χ3v) is 4.54. The molecule has 13 heavy (non-hydrogen) atoms. The highest BCUT2D eigenvalue weighted by atomic mass is 16.3. The van der Waals surface area contributed by atoms with Crippen molar-refractivity contribution in [1.82, 2.24) is 0 Å². The van der Waals surface area contributed by atoms with Crippen molar-refractivity contribution in [1.29, 1.82) is 0 Å². The van der Waals surface area contributed by atoms with Gasteiger partial charge in [0.1, 0.15) is 0 Å². The zero-order valence-corrected chi connectivity index (χ0v) is 9.14. The average molecular weight is 182 g/mol. The van der Waals surface area contributed by atoms with Gasteiger partial charge in [-0.25, -0.2) is 0 Å². The van der Waals surface area contributed by atoms with Crippen LogP contribution in [-0.4, -0.2) is 11.7 Å². The predicted molar refractivity (Wildman–Crippen MR) is 54.4 cm³/mol. The molecule has 1 N–H and O–H groups in total. The zero-order chi connectivity index (χ0) is 9.69. The fourth-order valence-electron chi connectivity index (χ4n) is 2.67. The topological polar surface area (TPSA) is 20.2 Å². The molecule has 3 unspecified atom stereocenters. The summed E-state index contributed by atoms with van der Waals surface area (Å²) in [5, 5.41) is 9.03. The highest BCUT2D eigenvalue weighted by molar-refractivity contribution is 5.01. The minimum atomic E-state index is 0.407. The van der Waals surface area contributed by atoms with Gasteiger partial charge in [-0.3, -0.25) is 0 Å². The van der Waals surface area contributed by atoms with E-state index in [1.807, 2.05) is 0 Å². The summed E-state index contributed by atoms with van der Waals surface area (Å²) in [4.78, 5) is 0. The molecule has 0 saturated heterocycles. The van der Waals surface area contributed by atoms with E-state index in [4.69, 9.17) is 5.11 Å². The lowest BCUT2D eigenvalue weighted by Crippen LogP contribution is -2.02. The van der Waals surface area contributed by atoms with Gasteiger partial charge in [0.25, 0.3) is 0 Å². The van der Waals surface area contributed by atoms with Crippen LogP contribution in [0, 0.1) is 22.7 Å². The maximum Gasteiger partial charge on any atom is 0.0464 e. The lowest BCUT2D eigenvalue weighted by Gasteiger charge is -2.10. The van der Waals surface area contributed by atoms with E-state index in [1.165, 1.54) is 25.7 Å². The van der Waals surface area contributed by atoms with E-state index in [-0.39, 0.29) is 0 Å². The quantitative estimate of drug-likeness (QED) is 0.709. The van der Waals surface area contributed by atoms with Crippen LogP contribution in [0.25, 0.3) is 0 Å². The second kappa shape index (κ2) is 2.73. The third-order valence-electron chi connectivity index (χ3n) is 4.54. The Kier molecular flexibility index (Phi) is 1.99. The molecular weight excluding hydrogens is 160 g/mol. The van der Waals surface area contributed by atoms with Crippen molar-refractivity contribution in [3.63, 3.8) is 0 Å². The van der Waals surface area contributed by atoms with Gasteiger partial charge in [0.15, 0.2) is 0 Å². The van der Waals surface area contributed by atoms with Crippen LogP contribution in [0.15, 0.2) is 0 Å². The molecule has 0 radical (unpaired) electrons. The Bertz CT molecular complexity index is 209. The summed E-state index contributed by atoms with van der Waals surface area (Å²) in [6.45, 7) is 7.49. The molecule has 0 aromatic rings. The molecule has 0 aliphatic heterocycles. The summed E-state index contributed by atoms with van der Waals surface area (Å²) < 4.78 is 0. The first-order chi connectivity index (χ1) is 5.98. The third kappa shape index (κ3) is 1.76. The van der Waals surface area contributed by atoms with Gasteiger partial charge in [-0.2, -0.15) is 0 Å². The second-order valence-electron chi connectivity index (χ2n) is 6.17. The molecule has 1 nitrogen and oxygen atoms in total. The van der Waals surface area contributed by atoms with Crippen LogP contribution in [0.4, 0.5) is 0 Å². The van der Waals surface area contributed by atoms with E-state index in [0.29, 0.717) is 23.4 Å². The molecule has 2 aliphatic rings. The number of aliphatic hydroxyl groups excluding tert-OH is 1. The molecule has 3 atom stereocenters. The van der Waals surface area contributed by atoms with Crippen molar-refractivity contribution in [2.75, 3.05) is 6.61 Å². The summed E-state index contributed by atoms with van der Waals surface area (Å²) in [7, 11) is 0. The van der Waals surface area contributed by atoms with Crippen LogP contribution in [-0.2, 0) is 0 Å². The Balaban J connectivity index is 1.70. The van der Waals surface area contributed by atoms with E-state index in [2.05, 4.69) is 20.8 Å². The standard InChI is InChI=1S/C12H22O/c1-11(2)6-9(11)4-5-12(3)7-10(12)8-13/h9-10,13H,4-8H2,1-3H3. The Morgan fingerprint density at radius 2 is 1.77 bits per heavy atom. The Morgan fingerprint density at radius 3 is 2.15 bits per heavy atom. The van der Waals surface area contributed by atoms with E-state index >= 15 is 0 Å². The van der Waals surface area contributed by atoms with Gasteiger partial charge in [-0.15, -0.1) is 0 Å². The van der Waals surface area contributed by atoms with Crippen molar-refractivity contribution in [2.45, 2.75) is 46.5 Å². The van der Waals surface area contributed by atoms with Gasteiger partial charge in [-0.1, -0.05) is 20.8 Å². The average Bonchev–Trinajstić information content (AvgIpc) is 2.87. The SMILES string of the molecule is CC1(C)CC1CCC1(C)CC1CO. The van der Waals surface area contributed by atoms with Crippen LogP contribution in [0.3, 0.4) is 0 Å². The molecule has 0 aromatic heterocycles. The van der Waals surface area contributed by atoms with Crippen molar-refractivity contribution in [3.05, 3.63) is 0 Å². The summed E-state index contributed by atoms with van der Waals surface area (Å²) in [5.41, 5.74) is 1.15. The van der Waals surface area contributed by atoms with Crippen LogP contribution in [0.1, 0.15) is 46.5 Å².